The van der Waals surface area contributed by atoms with E-state index in [2.05, 4.69) is 135 Å². The summed E-state index contributed by atoms with van der Waals surface area (Å²) < 4.78 is 6.36. The summed E-state index contributed by atoms with van der Waals surface area (Å²) in [7, 11) is 1.14. The maximum absolute atomic E-state index is 6.36. The van der Waals surface area contributed by atoms with Crippen molar-refractivity contribution >= 4 is 24.7 Å². The third-order valence-electron chi connectivity index (χ3n) is 7.09. The van der Waals surface area contributed by atoms with Gasteiger partial charge in [-0.3, -0.25) is 0 Å². The summed E-state index contributed by atoms with van der Waals surface area (Å²) in [5.41, 5.74) is 6.75. The molecule has 200 valence electrons. The van der Waals surface area contributed by atoms with Crippen molar-refractivity contribution in [2.45, 2.75) is 91.0 Å². The fourth-order valence-corrected chi connectivity index (χ4v) is 6.57. The van der Waals surface area contributed by atoms with Gasteiger partial charge in [0.2, 0.25) is 5.90 Å². The lowest BCUT2D eigenvalue weighted by Gasteiger charge is -2.32. The van der Waals surface area contributed by atoms with Crippen LogP contribution in [0.15, 0.2) is 77.8 Å². The number of benzene rings is 3. The Bertz CT molecular complexity index is 1280. The molecule has 0 radical (unpaired) electrons. The van der Waals surface area contributed by atoms with E-state index in [1.165, 1.54) is 33.1 Å². The van der Waals surface area contributed by atoms with Crippen LogP contribution < -0.4 is 5.30 Å². The van der Waals surface area contributed by atoms with Gasteiger partial charge in [-0.05, 0) is 50.5 Å². The summed E-state index contributed by atoms with van der Waals surface area (Å²) >= 11 is 0. The first-order valence-corrected chi connectivity index (χ1v) is 14.7. The van der Waals surface area contributed by atoms with Crippen LogP contribution in [0.3, 0.4) is 0 Å². The van der Waals surface area contributed by atoms with Crippen LogP contribution in [-0.2, 0) is 27.4 Å². The Labute approximate surface area is 232 Å². The minimum atomic E-state index is -0.000418. The molecule has 1 aliphatic rings. The van der Waals surface area contributed by atoms with Gasteiger partial charge in [-0.25, -0.2) is 4.99 Å². The second-order valence-corrected chi connectivity index (χ2v) is 14.7. The Kier molecular flexibility index (Phi) is 8.06. The van der Waals surface area contributed by atoms with E-state index in [1.807, 2.05) is 0 Å². The van der Waals surface area contributed by atoms with E-state index >= 15 is 0 Å². The zero-order valence-corrected chi connectivity index (χ0v) is 25.6. The van der Waals surface area contributed by atoms with Crippen molar-refractivity contribution in [2.24, 2.45) is 4.99 Å². The van der Waals surface area contributed by atoms with Crippen LogP contribution in [0.25, 0.3) is 0 Å². The summed E-state index contributed by atoms with van der Waals surface area (Å²) in [4.78, 5) is 5.15. The highest BCUT2D eigenvalue weighted by atomic mass is 31.1. The minimum Gasteiger partial charge on any atom is -0.475 e. The predicted molar refractivity (Wildman–Crippen MR) is 167 cm³/mol. The maximum atomic E-state index is 6.36. The van der Waals surface area contributed by atoms with Gasteiger partial charge < -0.3 is 4.74 Å². The molecule has 0 bridgehead atoms. The third kappa shape index (κ3) is 6.65. The Morgan fingerprint density at radius 1 is 0.763 bits per heavy atom. The van der Waals surface area contributed by atoms with Crippen LogP contribution in [0, 0.1) is 0 Å². The molecule has 0 aromatic heterocycles. The molecule has 3 aromatic carbocycles. The molecule has 0 unspecified atom stereocenters. The lowest BCUT2D eigenvalue weighted by atomic mass is 9.75. The molecule has 0 saturated heterocycles. The lowest BCUT2D eigenvalue weighted by Crippen LogP contribution is -2.30. The average Bonchev–Trinajstić information content (AvgIpc) is 3.29. The molecule has 1 atom stereocenters. The first-order chi connectivity index (χ1) is 17.7. The molecule has 1 heterocycles. The molecule has 0 N–H and O–H groups in total. The standard InChI is InChI=1S/C35H44NOP/c1-33(2,3)26-21-28(34(4,5)6)31(29(22-26)35(7,8)9)38-30(25-18-14-11-15-19-25)32-36-27(23-37-32)20-24-16-12-10-13-17-24/h10-19,21-22,27H,20,23H2,1-9H3/t27-/m1/s1. The summed E-state index contributed by atoms with van der Waals surface area (Å²) in [6.07, 6.45) is 0.893. The smallest absolute Gasteiger partial charge is 0.221 e. The molecule has 0 saturated carbocycles. The van der Waals surface area contributed by atoms with Gasteiger partial charge in [0.25, 0.3) is 0 Å². The van der Waals surface area contributed by atoms with Crippen molar-refractivity contribution in [3.05, 3.63) is 101 Å². The van der Waals surface area contributed by atoms with E-state index < -0.39 is 0 Å². The summed E-state index contributed by atoms with van der Waals surface area (Å²) in [6, 6.07) is 26.3. The Balaban J connectivity index is 1.92. The van der Waals surface area contributed by atoms with Crippen LogP contribution in [0.1, 0.15) is 90.1 Å². The molecule has 1 aliphatic heterocycles. The normalized spacial score (nSPS) is 16.8. The van der Waals surface area contributed by atoms with Gasteiger partial charge in [-0.15, -0.1) is 0 Å². The van der Waals surface area contributed by atoms with E-state index in [-0.39, 0.29) is 22.3 Å². The highest BCUT2D eigenvalue weighted by molar-refractivity contribution is 7.52. The third-order valence-corrected chi connectivity index (χ3v) is 8.47. The maximum Gasteiger partial charge on any atom is 0.221 e. The largest absolute Gasteiger partial charge is 0.475 e. The molecular formula is C35H44NOP. The van der Waals surface area contributed by atoms with E-state index in [0.717, 1.165) is 25.8 Å². The first-order valence-electron chi connectivity index (χ1n) is 13.8. The van der Waals surface area contributed by atoms with Gasteiger partial charge in [0.05, 0.1) is 11.3 Å². The summed E-state index contributed by atoms with van der Waals surface area (Å²) in [6.45, 7) is 21.6. The number of hydrogen-bond donors (Lipinski definition) is 0. The van der Waals surface area contributed by atoms with E-state index in [0.29, 0.717) is 6.61 Å². The molecule has 3 aromatic rings. The summed E-state index contributed by atoms with van der Waals surface area (Å²) in [5, 5.41) is 2.54. The molecule has 3 heteroatoms. The van der Waals surface area contributed by atoms with E-state index in [9.17, 15) is 0 Å². The fourth-order valence-electron chi connectivity index (χ4n) is 4.81. The molecule has 0 amide bonds. The second kappa shape index (κ2) is 10.8. The van der Waals surface area contributed by atoms with Crippen molar-refractivity contribution in [3.63, 3.8) is 0 Å². The van der Waals surface area contributed by atoms with Crippen LogP contribution in [0.2, 0.25) is 0 Å². The molecule has 0 aliphatic carbocycles. The molecule has 4 rings (SSSR count). The number of rotatable bonds is 5. The average molecular weight is 526 g/mol. The van der Waals surface area contributed by atoms with Gasteiger partial charge >= 0.3 is 0 Å². The summed E-state index contributed by atoms with van der Waals surface area (Å²) in [5.74, 6) is 0.790. The molecule has 2 nitrogen and oxygen atoms in total. The molecule has 0 fully saturated rings. The van der Waals surface area contributed by atoms with Crippen LogP contribution in [0.4, 0.5) is 0 Å². The number of hydrogen-bond acceptors (Lipinski definition) is 2. The minimum absolute atomic E-state index is 0.000418. The van der Waals surface area contributed by atoms with Crippen molar-refractivity contribution < 1.29 is 4.74 Å². The fraction of sp³-hybridized carbons (Fsp3) is 0.429. The van der Waals surface area contributed by atoms with E-state index in [1.54, 1.807) is 0 Å². The number of aliphatic imine (C=N–C) groups is 1. The van der Waals surface area contributed by atoms with Crippen molar-refractivity contribution in [1.29, 1.82) is 0 Å². The van der Waals surface area contributed by atoms with Gasteiger partial charge in [0, 0.05) is 5.30 Å². The van der Waals surface area contributed by atoms with E-state index in [4.69, 9.17) is 9.73 Å². The van der Waals surface area contributed by atoms with Crippen LogP contribution in [0.5, 0.6) is 0 Å². The molecule has 0 spiro atoms. The lowest BCUT2D eigenvalue weighted by molar-refractivity contribution is 0.321. The Morgan fingerprint density at radius 2 is 1.29 bits per heavy atom. The Morgan fingerprint density at radius 3 is 1.79 bits per heavy atom. The van der Waals surface area contributed by atoms with Gasteiger partial charge in [0.1, 0.15) is 6.61 Å². The van der Waals surface area contributed by atoms with Crippen LogP contribution >= 0.6 is 8.20 Å². The van der Waals surface area contributed by atoms with Crippen molar-refractivity contribution in [1.82, 2.24) is 0 Å². The SMILES string of the molecule is CC(C)(C)c1cc(C(C)(C)C)c(P=C(C2=N[C@H](Cc3ccccc3)CO2)c2ccccc2)c(C(C)(C)C)c1. The van der Waals surface area contributed by atoms with Crippen molar-refractivity contribution in [3.8, 4) is 0 Å². The quantitative estimate of drug-likeness (QED) is 0.306. The zero-order valence-electron chi connectivity index (χ0n) is 24.7. The highest BCUT2D eigenvalue weighted by Crippen LogP contribution is 2.36. The predicted octanol–water partition coefficient (Wildman–Crippen LogP) is 8.41. The second-order valence-electron chi connectivity index (χ2n) is 13.6. The monoisotopic (exact) mass is 525 g/mol. The van der Waals surface area contributed by atoms with Gasteiger partial charge in [-0.2, -0.15) is 0 Å². The molecule has 38 heavy (non-hydrogen) atoms. The Hall–Kier alpha value is -2.70. The number of nitrogens with zero attached hydrogens (tertiary/aromatic N) is 1. The number of ether oxygens (including phenoxy) is 1. The highest BCUT2D eigenvalue weighted by Gasteiger charge is 2.30. The van der Waals surface area contributed by atoms with Gasteiger partial charge in [0.15, 0.2) is 0 Å². The molecular weight excluding hydrogens is 481 g/mol. The van der Waals surface area contributed by atoms with Crippen LogP contribution in [-0.4, -0.2) is 23.8 Å². The zero-order chi connectivity index (χ0) is 27.7. The van der Waals surface area contributed by atoms with Crippen molar-refractivity contribution in [2.75, 3.05) is 6.61 Å². The first kappa shape index (κ1) is 28.3. The topological polar surface area (TPSA) is 21.6 Å². The van der Waals surface area contributed by atoms with Gasteiger partial charge in [-0.1, -0.05) is 143 Å².